The summed E-state index contributed by atoms with van der Waals surface area (Å²) in [6, 6.07) is 15.2. The van der Waals surface area contributed by atoms with Crippen LogP contribution in [0, 0.1) is 6.92 Å². The minimum Gasteiger partial charge on any atom is -0.508 e. The second kappa shape index (κ2) is 12.4. The van der Waals surface area contributed by atoms with Crippen molar-refractivity contribution in [1.29, 1.82) is 0 Å². The summed E-state index contributed by atoms with van der Waals surface area (Å²) in [4.78, 5) is 26.6. The van der Waals surface area contributed by atoms with E-state index in [9.17, 15) is 23.1 Å². The van der Waals surface area contributed by atoms with Gasteiger partial charge >= 0.3 is 6.18 Å². The van der Waals surface area contributed by atoms with E-state index in [1.807, 2.05) is 11.9 Å². The van der Waals surface area contributed by atoms with Crippen LogP contribution in [0.1, 0.15) is 27.0 Å². The van der Waals surface area contributed by atoms with Gasteiger partial charge in [0.2, 0.25) is 5.88 Å². The van der Waals surface area contributed by atoms with Crippen molar-refractivity contribution in [2.45, 2.75) is 19.6 Å². The third-order valence-electron chi connectivity index (χ3n) is 7.92. The summed E-state index contributed by atoms with van der Waals surface area (Å²) in [5, 5.41) is 17.2. The number of piperazine rings is 1. The lowest BCUT2D eigenvalue weighted by Gasteiger charge is -2.33. The van der Waals surface area contributed by atoms with Crippen LogP contribution in [0.4, 0.5) is 18.9 Å². The lowest BCUT2D eigenvalue weighted by atomic mass is 10.0. The predicted octanol–water partition coefficient (Wildman–Crippen LogP) is 5.86. The summed E-state index contributed by atoms with van der Waals surface area (Å²) in [6.45, 7) is 4.86. The van der Waals surface area contributed by atoms with E-state index in [2.05, 4.69) is 25.3 Å². The number of fused-ring (bicyclic) bond motifs is 1. The van der Waals surface area contributed by atoms with Crippen molar-refractivity contribution >= 4 is 22.6 Å². The molecule has 1 aliphatic rings. The molecule has 5 aromatic rings. The first-order valence-electron chi connectivity index (χ1n) is 14.6. The molecule has 0 aliphatic carbocycles. The van der Waals surface area contributed by atoms with Crippen LogP contribution >= 0.6 is 0 Å². The molecule has 0 unspecified atom stereocenters. The highest BCUT2D eigenvalue weighted by Crippen LogP contribution is 2.35. The molecule has 1 saturated heterocycles. The molecule has 13 heteroatoms. The molecule has 0 bridgehead atoms. The van der Waals surface area contributed by atoms with Gasteiger partial charge in [-0.1, -0.05) is 12.1 Å². The van der Waals surface area contributed by atoms with E-state index >= 15 is 0 Å². The van der Waals surface area contributed by atoms with Gasteiger partial charge in [-0.15, -0.1) is 0 Å². The first-order chi connectivity index (χ1) is 21.9. The highest BCUT2D eigenvalue weighted by Gasteiger charge is 2.34. The van der Waals surface area contributed by atoms with Crippen LogP contribution in [0.5, 0.6) is 17.4 Å². The van der Waals surface area contributed by atoms with Crippen LogP contribution in [0.2, 0.25) is 0 Å². The van der Waals surface area contributed by atoms with Crippen LogP contribution in [-0.4, -0.2) is 73.8 Å². The molecule has 0 saturated carbocycles. The number of halogens is 3. The fourth-order valence-corrected chi connectivity index (χ4v) is 5.33. The monoisotopic (exact) mass is 631 g/mol. The second-order valence-electron chi connectivity index (χ2n) is 11.4. The molecule has 10 nitrogen and oxygen atoms in total. The second-order valence-corrected chi connectivity index (χ2v) is 11.4. The van der Waals surface area contributed by atoms with Gasteiger partial charge < -0.3 is 20.1 Å². The molecule has 0 radical (unpaired) electrons. The number of aromatic hydroxyl groups is 1. The normalized spacial score (nSPS) is 14.5. The van der Waals surface area contributed by atoms with Crippen LogP contribution in [0.15, 0.2) is 66.9 Å². The number of likely N-dealkylation sites (N-methyl/N-ethyl adjacent to an activating group) is 1. The van der Waals surface area contributed by atoms with Gasteiger partial charge in [0.15, 0.2) is 11.5 Å². The van der Waals surface area contributed by atoms with Crippen molar-refractivity contribution in [3.8, 4) is 28.8 Å². The Morgan fingerprint density at radius 1 is 0.978 bits per heavy atom. The number of alkyl halides is 3. The molecule has 3 heterocycles. The number of hydrogen-bond acceptors (Lipinski definition) is 8. The quantitative estimate of drug-likeness (QED) is 0.230. The number of carbonyl (C=O) groups is 1. The summed E-state index contributed by atoms with van der Waals surface area (Å²) in [6.07, 6.45) is -2.88. The highest BCUT2D eigenvalue weighted by molar-refractivity contribution is 6.05. The fourth-order valence-electron chi connectivity index (χ4n) is 5.33. The number of nitrogens with one attached hydrogen (secondary N) is 1. The zero-order chi connectivity index (χ0) is 32.6. The zero-order valence-corrected chi connectivity index (χ0v) is 25.5. The number of anilines is 1. The molecule has 1 amide bonds. The summed E-state index contributed by atoms with van der Waals surface area (Å²) >= 11 is 0. The van der Waals surface area contributed by atoms with E-state index in [4.69, 9.17) is 4.74 Å². The number of aromatic nitrogens is 4. The predicted molar refractivity (Wildman–Crippen MR) is 167 cm³/mol. The largest absolute Gasteiger partial charge is 0.508 e. The third kappa shape index (κ3) is 6.80. The maximum atomic E-state index is 14.1. The van der Waals surface area contributed by atoms with E-state index in [1.54, 1.807) is 49.1 Å². The van der Waals surface area contributed by atoms with Crippen LogP contribution in [0.3, 0.4) is 0 Å². The van der Waals surface area contributed by atoms with Crippen molar-refractivity contribution < 1.29 is 27.8 Å². The number of ether oxygens (including phenoxy) is 1. The molecule has 2 aromatic heterocycles. The van der Waals surface area contributed by atoms with Crippen molar-refractivity contribution in [3.05, 3.63) is 89.1 Å². The molecule has 238 valence electrons. The molecule has 0 spiro atoms. The molecular formula is C33H32F3N7O3. The molecule has 3 aromatic carbocycles. The van der Waals surface area contributed by atoms with Crippen molar-refractivity contribution in [2.24, 2.45) is 7.05 Å². The maximum Gasteiger partial charge on any atom is 0.416 e. The number of phenolic OH excluding ortho intramolecular Hbond substituents is 1. The average molecular weight is 632 g/mol. The van der Waals surface area contributed by atoms with Gasteiger partial charge in [-0.05, 0) is 73.6 Å². The van der Waals surface area contributed by atoms with E-state index in [0.717, 1.165) is 19.2 Å². The molecule has 46 heavy (non-hydrogen) atoms. The van der Waals surface area contributed by atoms with Gasteiger partial charge in [0.25, 0.3) is 5.91 Å². The highest BCUT2D eigenvalue weighted by atomic mass is 19.4. The summed E-state index contributed by atoms with van der Waals surface area (Å²) < 4.78 is 50.1. The Balaban J connectivity index is 1.25. The van der Waals surface area contributed by atoms with Gasteiger partial charge in [0.1, 0.15) is 16.9 Å². The summed E-state index contributed by atoms with van der Waals surface area (Å²) in [7, 11) is 3.73. The Hall–Kier alpha value is -5.01. The van der Waals surface area contributed by atoms with E-state index in [1.165, 1.54) is 30.3 Å². The number of hydrogen-bond donors (Lipinski definition) is 2. The molecular weight excluding hydrogens is 599 g/mol. The van der Waals surface area contributed by atoms with E-state index in [-0.39, 0.29) is 40.7 Å². The molecule has 0 atom stereocenters. The number of carbonyl (C=O) groups excluding carboxylic acids is 1. The maximum absolute atomic E-state index is 14.1. The topological polar surface area (TPSA) is 109 Å². The van der Waals surface area contributed by atoms with Gasteiger partial charge in [0, 0.05) is 62.8 Å². The molecule has 6 rings (SSSR count). The Bertz CT molecular complexity index is 1900. The number of amides is 1. The minimum absolute atomic E-state index is 0.0385. The Kier molecular flexibility index (Phi) is 8.36. The lowest BCUT2D eigenvalue weighted by Crippen LogP contribution is -2.44. The molecule has 1 aliphatic heterocycles. The SMILES string of the molecule is Cc1ccc(Oc2nc(-c3ccc(O)cc3)nc3nn(C)cc23)cc1C(=O)Nc1ccc(CN2CCN(C)CC2)c(C(F)(F)F)c1. The van der Waals surface area contributed by atoms with Crippen LogP contribution in [-0.2, 0) is 19.8 Å². The Morgan fingerprint density at radius 2 is 1.72 bits per heavy atom. The van der Waals surface area contributed by atoms with Crippen LogP contribution in [0.25, 0.3) is 22.4 Å². The van der Waals surface area contributed by atoms with Gasteiger partial charge in [-0.2, -0.15) is 23.3 Å². The Morgan fingerprint density at radius 3 is 2.43 bits per heavy atom. The first-order valence-corrected chi connectivity index (χ1v) is 14.6. The van der Waals surface area contributed by atoms with E-state index in [0.29, 0.717) is 41.1 Å². The number of phenols is 1. The number of nitrogens with zero attached hydrogens (tertiary/aromatic N) is 6. The summed E-state index contributed by atoms with van der Waals surface area (Å²) in [5.74, 6) is 0.322. The number of aryl methyl sites for hydroxylation is 2. The van der Waals surface area contributed by atoms with Crippen molar-refractivity contribution in [1.82, 2.24) is 29.5 Å². The van der Waals surface area contributed by atoms with Crippen molar-refractivity contribution in [2.75, 3.05) is 38.5 Å². The smallest absolute Gasteiger partial charge is 0.416 e. The standard InChI is InChI=1S/C33H32F3N7O3/c1-20-4-11-25(46-32-27-19-42(3)40-30(27)38-29(39-32)21-6-9-24(44)10-7-21)17-26(20)31(45)37-23-8-5-22(28(16-23)33(34,35)36)18-43-14-12-41(2)13-15-43/h4-11,16-17,19,44H,12-15,18H2,1-3H3,(H,37,45). The van der Waals surface area contributed by atoms with Gasteiger partial charge in [-0.25, -0.2) is 4.98 Å². The van der Waals surface area contributed by atoms with Gasteiger partial charge in [-0.3, -0.25) is 14.4 Å². The lowest BCUT2D eigenvalue weighted by molar-refractivity contribution is -0.138. The molecule has 2 N–H and O–H groups in total. The molecule has 1 fully saturated rings. The minimum atomic E-state index is -4.58. The first kappa shape index (κ1) is 31.0. The van der Waals surface area contributed by atoms with E-state index < -0.39 is 17.6 Å². The summed E-state index contributed by atoms with van der Waals surface area (Å²) in [5.41, 5.74) is 1.28. The average Bonchev–Trinajstić information content (AvgIpc) is 3.40. The Labute approximate surface area is 263 Å². The number of rotatable bonds is 7. The van der Waals surface area contributed by atoms with Crippen LogP contribution < -0.4 is 10.1 Å². The third-order valence-corrected chi connectivity index (χ3v) is 7.92. The van der Waals surface area contributed by atoms with Crippen molar-refractivity contribution in [3.63, 3.8) is 0 Å². The zero-order valence-electron chi connectivity index (χ0n) is 25.5. The number of benzene rings is 3. The van der Waals surface area contributed by atoms with Gasteiger partial charge in [0.05, 0.1) is 5.56 Å². The fraction of sp³-hybridized carbons (Fsp3) is 0.273.